The zero-order valence-electron chi connectivity index (χ0n) is 10.4. The van der Waals surface area contributed by atoms with Gasteiger partial charge in [0.1, 0.15) is 0 Å². The molecule has 2 fully saturated rings. The van der Waals surface area contributed by atoms with Crippen LogP contribution in [0, 0.1) is 5.41 Å². The van der Waals surface area contributed by atoms with Crippen LogP contribution in [0.5, 0.6) is 0 Å². The van der Waals surface area contributed by atoms with E-state index in [0.717, 1.165) is 25.7 Å². The third-order valence-corrected chi connectivity index (χ3v) is 4.08. The average Bonchev–Trinajstić information content (AvgIpc) is 2.95. The van der Waals surface area contributed by atoms with Gasteiger partial charge in [0, 0.05) is 12.6 Å². The van der Waals surface area contributed by atoms with Gasteiger partial charge in [-0.3, -0.25) is 4.79 Å². The van der Waals surface area contributed by atoms with Crippen molar-refractivity contribution in [2.45, 2.75) is 51.2 Å². The molecule has 1 saturated heterocycles. The van der Waals surface area contributed by atoms with Crippen LogP contribution in [0.15, 0.2) is 0 Å². The van der Waals surface area contributed by atoms with Gasteiger partial charge in [-0.15, -0.1) is 0 Å². The first-order valence-corrected chi connectivity index (χ1v) is 6.51. The Bertz CT molecular complexity index is 350. The number of ether oxygens (including phenoxy) is 1. The smallest absolute Gasteiger partial charge is 0.233 e. The molecule has 2 aliphatic rings. The van der Waals surface area contributed by atoms with E-state index in [0.29, 0.717) is 11.6 Å². The van der Waals surface area contributed by atoms with Crippen molar-refractivity contribution in [2.75, 3.05) is 6.61 Å². The molecule has 5 heteroatoms. The number of amides is 1. The molecule has 1 atom stereocenters. The lowest BCUT2D eigenvalue weighted by Gasteiger charge is -2.36. The molecule has 0 aromatic heterocycles. The Morgan fingerprint density at radius 2 is 2.12 bits per heavy atom. The second-order valence-corrected chi connectivity index (χ2v) is 6.16. The lowest BCUT2D eigenvalue weighted by Crippen LogP contribution is -2.49. The van der Waals surface area contributed by atoms with Gasteiger partial charge in [0.15, 0.2) is 0 Å². The van der Waals surface area contributed by atoms with Crippen molar-refractivity contribution < 1.29 is 9.53 Å². The SMILES string of the molecule is CC1(C)CC(NC(=O)C2(C(N)=S)CC2)CCO1. The Kier molecular flexibility index (Phi) is 3.16. The van der Waals surface area contributed by atoms with Gasteiger partial charge in [-0.05, 0) is 39.5 Å². The molecule has 17 heavy (non-hydrogen) atoms. The first-order valence-electron chi connectivity index (χ1n) is 6.11. The summed E-state index contributed by atoms with van der Waals surface area (Å²) < 4.78 is 5.62. The third kappa shape index (κ3) is 2.60. The highest BCUT2D eigenvalue weighted by Gasteiger charge is 2.53. The summed E-state index contributed by atoms with van der Waals surface area (Å²) in [5.41, 5.74) is 4.94. The predicted octanol–water partition coefficient (Wildman–Crippen LogP) is 1.13. The van der Waals surface area contributed by atoms with Gasteiger partial charge in [-0.2, -0.15) is 0 Å². The molecule has 4 nitrogen and oxygen atoms in total. The number of carbonyl (C=O) groups is 1. The lowest BCUT2D eigenvalue weighted by atomic mass is 9.93. The largest absolute Gasteiger partial charge is 0.392 e. The topological polar surface area (TPSA) is 64.4 Å². The van der Waals surface area contributed by atoms with E-state index in [1.165, 1.54) is 0 Å². The molecule has 0 aromatic rings. The van der Waals surface area contributed by atoms with Crippen LogP contribution in [0.3, 0.4) is 0 Å². The van der Waals surface area contributed by atoms with Crippen molar-refractivity contribution in [2.24, 2.45) is 11.1 Å². The zero-order valence-corrected chi connectivity index (χ0v) is 11.2. The van der Waals surface area contributed by atoms with Gasteiger partial charge >= 0.3 is 0 Å². The normalized spacial score (nSPS) is 29.4. The second kappa shape index (κ2) is 4.21. The summed E-state index contributed by atoms with van der Waals surface area (Å²) in [4.78, 5) is 12.5. The quantitative estimate of drug-likeness (QED) is 0.743. The fraction of sp³-hybridized carbons (Fsp3) is 0.833. The van der Waals surface area contributed by atoms with Crippen LogP contribution < -0.4 is 11.1 Å². The minimum Gasteiger partial charge on any atom is -0.392 e. The van der Waals surface area contributed by atoms with Crippen LogP contribution in [-0.2, 0) is 9.53 Å². The molecule has 0 spiro atoms. The van der Waals surface area contributed by atoms with Crippen LogP contribution in [0.2, 0.25) is 0 Å². The van der Waals surface area contributed by atoms with Crippen molar-refractivity contribution in [3.63, 3.8) is 0 Å². The fourth-order valence-electron chi connectivity index (χ4n) is 2.39. The molecule has 0 bridgehead atoms. The number of nitrogens with one attached hydrogen (secondary N) is 1. The third-order valence-electron chi connectivity index (χ3n) is 3.69. The Morgan fingerprint density at radius 3 is 2.59 bits per heavy atom. The van der Waals surface area contributed by atoms with Crippen molar-refractivity contribution in [1.82, 2.24) is 5.32 Å². The molecule has 2 rings (SSSR count). The molecule has 1 saturated carbocycles. The molecule has 0 aromatic carbocycles. The fourth-order valence-corrected chi connectivity index (χ4v) is 2.69. The average molecular weight is 256 g/mol. The van der Waals surface area contributed by atoms with E-state index in [1.54, 1.807) is 0 Å². The van der Waals surface area contributed by atoms with Gasteiger partial charge in [-0.1, -0.05) is 12.2 Å². The van der Waals surface area contributed by atoms with Crippen LogP contribution in [-0.4, -0.2) is 29.1 Å². The van der Waals surface area contributed by atoms with Gasteiger partial charge in [0.05, 0.1) is 16.0 Å². The highest BCUT2D eigenvalue weighted by molar-refractivity contribution is 7.80. The maximum atomic E-state index is 12.1. The highest BCUT2D eigenvalue weighted by Crippen LogP contribution is 2.46. The molecule has 96 valence electrons. The second-order valence-electron chi connectivity index (χ2n) is 5.72. The van der Waals surface area contributed by atoms with Crippen LogP contribution >= 0.6 is 12.2 Å². The van der Waals surface area contributed by atoms with Gasteiger partial charge in [-0.25, -0.2) is 0 Å². The van der Waals surface area contributed by atoms with Crippen LogP contribution in [0.1, 0.15) is 39.5 Å². The summed E-state index contributed by atoms with van der Waals surface area (Å²) in [5, 5.41) is 3.07. The molecular weight excluding hydrogens is 236 g/mol. The summed E-state index contributed by atoms with van der Waals surface area (Å²) in [6.07, 6.45) is 3.29. The van der Waals surface area contributed by atoms with E-state index in [4.69, 9.17) is 22.7 Å². The molecule has 1 amide bonds. The lowest BCUT2D eigenvalue weighted by molar-refractivity contribution is -0.127. The number of hydrogen-bond donors (Lipinski definition) is 2. The minimum absolute atomic E-state index is 0.00713. The number of nitrogens with two attached hydrogens (primary N) is 1. The van der Waals surface area contributed by atoms with E-state index in [2.05, 4.69) is 5.32 Å². The van der Waals surface area contributed by atoms with Gasteiger partial charge in [0.2, 0.25) is 5.91 Å². The van der Waals surface area contributed by atoms with E-state index < -0.39 is 5.41 Å². The van der Waals surface area contributed by atoms with Crippen LogP contribution in [0.25, 0.3) is 0 Å². The zero-order chi connectivity index (χ0) is 12.7. The Morgan fingerprint density at radius 1 is 1.47 bits per heavy atom. The molecular formula is C12H20N2O2S. The molecule has 0 radical (unpaired) electrons. The van der Waals surface area contributed by atoms with Crippen molar-refractivity contribution >= 4 is 23.1 Å². The maximum absolute atomic E-state index is 12.1. The molecule has 1 unspecified atom stereocenters. The Labute approximate surface area is 107 Å². The summed E-state index contributed by atoms with van der Waals surface area (Å²) in [6.45, 7) is 4.79. The van der Waals surface area contributed by atoms with E-state index in [-0.39, 0.29) is 17.6 Å². The Hall–Kier alpha value is -0.680. The van der Waals surface area contributed by atoms with Gasteiger partial charge in [0.25, 0.3) is 0 Å². The number of thiocarbonyl (C=S) groups is 1. The number of carbonyl (C=O) groups excluding carboxylic acids is 1. The standard InChI is InChI=1S/C12H20N2O2S/c1-11(2)7-8(3-6-16-11)14-10(15)12(4-5-12)9(13)17/h8H,3-7H2,1-2H3,(H2,13,17)(H,14,15). The van der Waals surface area contributed by atoms with Crippen molar-refractivity contribution in [1.29, 1.82) is 0 Å². The minimum atomic E-state index is -0.544. The van der Waals surface area contributed by atoms with E-state index in [1.807, 2.05) is 13.8 Å². The predicted molar refractivity (Wildman–Crippen MR) is 69.6 cm³/mol. The highest BCUT2D eigenvalue weighted by atomic mass is 32.1. The summed E-state index contributed by atoms with van der Waals surface area (Å²) in [6, 6.07) is 0.179. The molecule has 1 aliphatic heterocycles. The van der Waals surface area contributed by atoms with Crippen molar-refractivity contribution in [3.8, 4) is 0 Å². The number of rotatable bonds is 3. The number of hydrogen-bond acceptors (Lipinski definition) is 3. The van der Waals surface area contributed by atoms with Crippen LogP contribution in [0.4, 0.5) is 0 Å². The Balaban J connectivity index is 1.93. The van der Waals surface area contributed by atoms with Crippen molar-refractivity contribution in [3.05, 3.63) is 0 Å². The first-order chi connectivity index (χ1) is 7.86. The van der Waals surface area contributed by atoms with E-state index in [9.17, 15) is 4.79 Å². The van der Waals surface area contributed by atoms with Gasteiger partial charge < -0.3 is 15.8 Å². The summed E-state index contributed by atoms with van der Waals surface area (Å²) >= 11 is 4.98. The summed E-state index contributed by atoms with van der Waals surface area (Å²) in [5.74, 6) is 0.00713. The first kappa shape index (κ1) is 12.8. The molecule has 1 heterocycles. The summed E-state index contributed by atoms with van der Waals surface area (Å²) in [7, 11) is 0. The molecule has 1 aliphatic carbocycles. The molecule has 3 N–H and O–H groups in total. The monoisotopic (exact) mass is 256 g/mol. The maximum Gasteiger partial charge on any atom is 0.233 e. The van der Waals surface area contributed by atoms with E-state index >= 15 is 0 Å².